The molecular formula is C26H21N5O2. The molecule has 1 aliphatic rings. The van der Waals surface area contributed by atoms with Crippen LogP contribution in [0.5, 0.6) is 0 Å². The lowest BCUT2D eigenvalue weighted by molar-refractivity contribution is 0.144. The number of benzene rings is 2. The van der Waals surface area contributed by atoms with Gasteiger partial charge in [0.05, 0.1) is 16.7 Å². The van der Waals surface area contributed by atoms with Gasteiger partial charge in [-0.15, -0.1) is 10.2 Å². The standard InChI is InChI=1S/C26H21N5O2/c32-25(33)29-26(12-4-13-26)19-9-7-18(8-10-19)23-20(17-5-2-1-3-6-17)15-21-22(28-23)11-14-31-16-27-30-24(21)31/h1-3,5-11,14-16,29H,4,12-13H2,(H,32,33). The molecule has 1 fully saturated rings. The summed E-state index contributed by atoms with van der Waals surface area (Å²) in [6.07, 6.45) is 5.26. The van der Waals surface area contributed by atoms with Gasteiger partial charge < -0.3 is 10.4 Å². The van der Waals surface area contributed by atoms with Crippen LogP contribution in [-0.4, -0.2) is 30.8 Å². The van der Waals surface area contributed by atoms with Gasteiger partial charge in [0.2, 0.25) is 0 Å². The number of nitrogens with one attached hydrogen (secondary N) is 1. The Morgan fingerprint density at radius 3 is 2.48 bits per heavy atom. The third kappa shape index (κ3) is 3.20. The lowest BCUT2D eigenvalue weighted by Crippen LogP contribution is -2.50. The quantitative estimate of drug-likeness (QED) is 0.402. The molecule has 0 radical (unpaired) electrons. The van der Waals surface area contributed by atoms with Crippen molar-refractivity contribution in [3.8, 4) is 22.4 Å². The average Bonchev–Trinajstić information content (AvgIpc) is 3.31. The predicted molar refractivity (Wildman–Crippen MR) is 126 cm³/mol. The number of fused-ring (bicyclic) bond motifs is 3. The van der Waals surface area contributed by atoms with Crippen LogP contribution in [0, 0.1) is 0 Å². The zero-order valence-electron chi connectivity index (χ0n) is 17.8. The van der Waals surface area contributed by atoms with Crippen LogP contribution in [0.15, 0.2) is 79.3 Å². The van der Waals surface area contributed by atoms with Crippen LogP contribution in [-0.2, 0) is 5.54 Å². The molecule has 3 heterocycles. The first-order valence-electron chi connectivity index (χ1n) is 10.9. The van der Waals surface area contributed by atoms with E-state index < -0.39 is 11.6 Å². The van der Waals surface area contributed by atoms with Gasteiger partial charge >= 0.3 is 6.09 Å². The second-order valence-electron chi connectivity index (χ2n) is 8.50. The van der Waals surface area contributed by atoms with Crippen molar-refractivity contribution in [2.45, 2.75) is 24.8 Å². The molecule has 1 saturated carbocycles. The van der Waals surface area contributed by atoms with E-state index in [1.807, 2.05) is 59.1 Å². The fourth-order valence-corrected chi connectivity index (χ4v) is 4.75. The summed E-state index contributed by atoms with van der Waals surface area (Å²) < 4.78 is 1.89. The van der Waals surface area contributed by atoms with Crippen LogP contribution in [0.2, 0.25) is 0 Å². The summed E-state index contributed by atoms with van der Waals surface area (Å²) in [7, 11) is 0. The number of hydrogen-bond acceptors (Lipinski definition) is 4. The summed E-state index contributed by atoms with van der Waals surface area (Å²) in [5, 5.41) is 21.3. The maximum Gasteiger partial charge on any atom is 0.405 e. The molecule has 0 atom stereocenters. The van der Waals surface area contributed by atoms with Crippen molar-refractivity contribution in [2.75, 3.05) is 0 Å². The summed E-state index contributed by atoms with van der Waals surface area (Å²) in [6, 6.07) is 22.4. The number of amides is 1. The summed E-state index contributed by atoms with van der Waals surface area (Å²) in [5.74, 6) is 0. The monoisotopic (exact) mass is 435 g/mol. The minimum absolute atomic E-state index is 0.483. The highest BCUT2D eigenvalue weighted by molar-refractivity contribution is 5.98. The normalized spacial score (nSPS) is 14.8. The van der Waals surface area contributed by atoms with Gasteiger partial charge in [0.1, 0.15) is 6.33 Å². The molecule has 1 amide bonds. The van der Waals surface area contributed by atoms with E-state index in [-0.39, 0.29) is 0 Å². The average molecular weight is 435 g/mol. The molecule has 5 aromatic rings. The molecule has 0 unspecified atom stereocenters. The molecule has 3 aromatic heterocycles. The zero-order valence-corrected chi connectivity index (χ0v) is 17.8. The maximum absolute atomic E-state index is 11.3. The third-order valence-electron chi connectivity index (χ3n) is 6.61. The Bertz CT molecular complexity index is 1490. The fourth-order valence-electron chi connectivity index (χ4n) is 4.75. The first-order chi connectivity index (χ1) is 16.1. The smallest absolute Gasteiger partial charge is 0.405 e. The number of aromatic nitrogens is 4. The van der Waals surface area contributed by atoms with Gasteiger partial charge in [-0.3, -0.25) is 4.40 Å². The molecule has 33 heavy (non-hydrogen) atoms. The minimum atomic E-state index is -0.985. The third-order valence-corrected chi connectivity index (χ3v) is 6.61. The van der Waals surface area contributed by atoms with Crippen LogP contribution in [0.3, 0.4) is 0 Å². The Morgan fingerprint density at radius 2 is 1.79 bits per heavy atom. The van der Waals surface area contributed by atoms with E-state index >= 15 is 0 Å². The Morgan fingerprint density at radius 1 is 1.00 bits per heavy atom. The van der Waals surface area contributed by atoms with Gasteiger partial charge in [-0.2, -0.15) is 0 Å². The minimum Gasteiger partial charge on any atom is -0.465 e. The van der Waals surface area contributed by atoms with E-state index in [4.69, 9.17) is 4.98 Å². The zero-order chi connectivity index (χ0) is 22.4. The van der Waals surface area contributed by atoms with Crippen LogP contribution < -0.4 is 5.32 Å². The number of rotatable bonds is 4. The van der Waals surface area contributed by atoms with E-state index in [1.54, 1.807) is 6.33 Å². The van der Waals surface area contributed by atoms with Gasteiger partial charge in [0.15, 0.2) is 5.65 Å². The Kier molecular flexibility index (Phi) is 4.36. The molecule has 6 rings (SSSR count). The van der Waals surface area contributed by atoms with E-state index in [0.29, 0.717) is 0 Å². The molecule has 0 spiro atoms. The van der Waals surface area contributed by atoms with Gasteiger partial charge in [-0.25, -0.2) is 9.78 Å². The Balaban J connectivity index is 1.51. The number of nitrogens with zero attached hydrogens (tertiary/aromatic N) is 4. The van der Waals surface area contributed by atoms with Crippen LogP contribution in [0.4, 0.5) is 4.79 Å². The first kappa shape index (κ1) is 19.4. The largest absolute Gasteiger partial charge is 0.465 e. The van der Waals surface area contributed by atoms with Crippen molar-refractivity contribution in [3.05, 3.63) is 84.8 Å². The van der Waals surface area contributed by atoms with Crippen molar-refractivity contribution >= 4 is 22.6 Å². The van der Waals surface area contributed by atoms with Gasteiger partial charge in [0.25, 0.3) is 0 Å². The van der Waals surface area contributed by atoms with Crippen LogP contribution in [0.25, 0.3) is 38.9 Å². The van der Waals surface area contributed by atoms with Crippen molar-refractivity contribution in [1.82, 2.24) is 24.9 Å². The van der Waals surface area contributed by atoms with Crippen molar-refractivity contribution in [1.29, 1.82) is 0 Å². The maximum atomic E-state index is 11.3. The second-order valence-corrected chi connectivity index (χ2v) is 8.50. The van der Waals surface area contributed by atoms with E-state index in [1.165, 1.54) is 0 Å². The van der Waals surface area contributed by atoms with Gasteiger partial charge in [0, 0.05) is 22.7 Å². The van der Waals surface area contributed by atoms with E-state index in [9.17, 15) is 9.90 Å². The molecule has 2 N–H and O–H groups in total. The molecular weight excluding hydrogens is 414 g/mol. The van der Waals surface area contributed by atoms with Crippen LogP contribution in [0.1, 0.15) is 24.8 Å². The summed E-state index contributed by atoms with van der Waals surface area (Å²) >= 11 is 0. The number of carboxylic acid groups (broad SMARTS) is 1. The molecule has 0 saturated heterocycles. The number of pyridine rings is 2. The molecule has 7 nitrogen and oxygen atoms in total. The van der Waals surface area contributed by atoms with Crippen LogP contribution >= 0.6 is 0 Å². The molecule has 0 bridgehead atoms. The number of carbonyl (C=O) groups is 1. The number of hydrogen-bond donors (Lipinski definition) is 2. The van der Waals surface area contributed by atoms with Crippen molar-refractivity contribution in [3.63, 3.8) is 0 Å². The van der Waals surface area contributed by atoms with Crippen molar-refractivity contribution < 1.29 is 9.90 Å². The van der Waals surface area contributed by atoms with Gasteiger partial charge in [-0.1, -0.05) is 54.6 Å². The lowest BCUT2D eigenvalue weighted by Gasteiger charge is -2.42. The first-order valence-corrected chi connectivity index (χ1v) is 10.9. The Hall–Kier alpha value is -4.26. The highest BCUT2D eigenvalue weighted by Crippen LogP contribution is 2.42. The topological polar surface area (TPSA) is 92.4 Å². The molecule has 7 heteroatoms. The molecule has 162 valence electrons. The SMILES string of the molecule is O=C(O)NC1(c2ccc(-c3nc4ccn5cnnc5c4cc3-c3ccccc3)cc2)CCC1. The molecule has 1 aliphatic carbocycles. The van der Waals surface area contributed by atoms with Gasteiger partial charge in [-0.05, 0) is 42.5 Å². The second kappa shape index (κ2) is 7.41. The Labute approximate surface area is 189 Å². The molecule has 0 aliphatic heterocycles. The molecule has 2 aromatic carbocycles. The summed E-state index contributed by atoms with van der Waals surface area (Å²) in [6.45, 7) is 0. The fraction of sp³-hybridized carbons (Fsp3) is 0.154. The summed E-state index contributed by atoms with van der Waals surface area (Å²) in [5.41, 5.74) is 6.05. The predicted octanol–water partition coefficient (Wildman–Crippen LogP) is 5.26. The van der Waals surface area contributed by atoms with Crippen molar-refractivity contribution in [2.24, 2.45) is 0 Å². The summed E-state index contributed by atoms with van der Waals surface area (Å²) in [4.78, 5) is 16.4. The highest BCUT2D eigenvalue weighted by Gasteiger charge is 2.40. The lowest BCUT2D eigenvalue weighted by atomic mass is 9.71. The highest BCUT2D eigenvalue weighted by atomic mass is 16.4. The van der Waals surface area contributed by atoms with E-state index in [0.717, 1.165) is 63.8 Å². The van der Waals surface area contributed by atoms with E-state index in [2.05, 4.69) is 33.7 Å².